The molecule has 0 saturated carbocycles. The third kappa shape index (κ3) is 3.82. The number of nitrogens with one attached hydrogen (secondary N) is 2. The van der Waals surface area contributed by atoms with Gasteiger partial charge in [0.15, 0.2) is 10.8 Å². The van der Waals surface area contributed by atoms with Crippen LogP contribution < -0.4 is 10.7 Å². The number of thioether (sulfide) groups is 1. The quantitative estimate of drug-likeness (QED) is 0.416. The molecular weight excluding hydrogens is 463 g/mol. The summed E-state index contributed by atoms with van der Waals surface area (Å²) in [6, 6.07) is 9.75. The van der Waals surface area contributed by atoms with Crippen LogP contribution in [-0.2, 0) is 15.1 Å². The van der Waals surface area contributed by atoms with Crippen molar-refractivity contribution >= 4 is 58.5 Å². The molecule has 9 nitrogen and oxygen atoms in total. The highest BCUT2D eigenvalue weighted by Crippen LogP contribution is 2.31. The van der Waals surface area contributed by atoms with Crippen LogP contribution in [0.5, 0.6) is 0 Å². The molecule has 0 radical (unpaired) electrons. The minimum absolute atomic E-state index is 0.119. The first-order valence-corrected chi connectivity index (χ1v) is 10.9. The lowest BCUT2D eigenvalue weighted by Gasteiger charge is -2.25. The second-order valence-corrected chi connectivity index (χ2v) is 8.49. The SMILES string of the molecule is CCC1(c2ccccc2)NC(=O)N(NC(=O)CSc2nnc3c(Cl)cc(Cl)cn23)C1=O. The van der Waals surface area contributed by atoms with Crippen LogP contribution >= 0.6 is 35.0 Å². The number of carbonyl (C=O) groups is 3. The number of fused-ring (bicyclic) bond motifs is 1. The maximum Gasteiger partial charge on any atom is 0.344 e. The molecule has 1 saturated heterocycles. The predicted molar refractivity (Wildman–Crippen MR) is 116 cm³/mol. The molecule has 31 heavy (non-hydrogen) atoms. The fraction of sp³-hybridized carbons (Fsp3) is 0.211. The Morgan fingerprint density at radius 3 is 2.68 bits per heavy atom. The zero-order valence-electron chi connectivity index (χ0n) is 16.1. The number of nitrogens with zero attached hydrogens (tertiary/aromatic N) is 4. The number of imide groups is 1. The number of halogens is 2. The number of aromatic nitrogens is 3. The van der Waals surface area contributed by atoms with Gasteiger partial charge in [0.2, 0.25) is 5.91 Å². The number of benzene rings is 1. The molecule has 0 aliphatic carbocycles. The molecule has 1 unspecified atom stereocenters. The third-order valence-electron chi connectivity index (χ3n) is 4.85. The van der Waals surface area contributed by atoms with E-state index in [1.807, 2.05) is 6.07 Å². The smallest absolute Gasteiger partial charge is 0.318 e. The van der Waals surface area contributed by atoms with Crippen molar-refractivity contribution < 1.29 is 14.4 Å². The first kappa shape index (κ1) is 21.4. The Hall–Kier alpha value is -2.82. The van der Waals surface area contributed by atoms with Crippen LogP contribution in [-0.4, -0.2) is 43.2 Å². The van der Waals surface area contributed by atoms with E-state index >= 15 is 0 Å². The van der Waals surface area contributed by atoms with E-state index in [0.717, 1.165) is 16.8 Å². The van der Waals surface area contributed by atoms with Gasteiger partial charge in [0.1, 0.15) is 5.54 Å². The van der Waals surface area contributed by atoms with E-state index in [-0.39, 0.29) is 5.75 Å². The highest BCUT2D eigenvalue weighted by Gasteiger charge is 2.52. The van der Waals surface area contributed by atoms with Crippen molar-refractivity contribution in [3.63, 3.8) is 0 Å². The number of hydrogen-bond acceptors (Lipinski definition) is 6. The fourth-order valence-corrected chi connectivity index (χ4v) is 4.54. The van der Waals surface area contributed by atoms with Crippen LogP contribution in [0, 0.1) is 0 Å². The van der Waals surface area contributed by atoms with Crippen molar-refractivity contribution in [2.75, 3.05) is 5.75 Å². The van der Waals surface area contributed by atoms with Gasteiger partial charge in [-0.15, -0.1) is 10.2 Å². The molecule has 0 spiro atoms. The fourth-order valence-electron chi connectivity index (χ4n) is 3.33. The van der Waals surface area contributed by atoms with Crippen molar-refractivity contribution in [1.29, 1.82) is 0 Å². The summed E-state index contributed by atoms with van der Waals surface area (Å²) in [6.45, 7) is 1.79. The summed E-state index contributed by atoms with van der Waals surface area (Å²) in [5, 5.41) is 12.5. The van der Waals surface area contributed by atoms with Crippen molar-refractivity contribution in [1.82, 2.24) is 30.3 Å². The lowest BCUT2D eigenvalue weighted by molar-refractivity contribution is -0.138. The Morgan fingerprint density at radius 1 is 1.23 bits per heavy atom. The van der Waals surface area contributed by atoms with Crippen LogP contribution in [0.3, 0.4) is 0 Å². The third-order valence-corrected chi connectivity index (χ3v) is 6.28. The highest BCUT2D eigenvalue weighted by atomic mass is 35.5. The zero-order valence-corrected chi connectivity index (χ0v) is 18.5. The number of hydrogen-bond donors (Lipinski definition) is 2. The maximum atomic E-state index is 13.1. The van der Waals surface area contributed by atoms with Crippen LogP contribution in [0.2, 0.25) is 10.0 Å². The van der Waals surface area contributed by atoms with Gasteiger partial charge in [-0.25, -0.2) is 4.79 Å². The Balaban J connectivity index is 1.47. The molecule has 1 atom stereocenters. The molecule has 160 valence electrons. The van der Waals surface area contributed by atoms with Gasteiger partial charge >= 0.3 is 6.03 Å². The molecule has 1 aliphatic heterocycles. The summed E-state index contributed by atoms with van der Waals surface area (Å²) in [7, 11) is 0. The van der Waals surface area contributed by atoms with Gasteiger partial charge < -0.3 is 5.32 Å². The van der Waals surface area contributed by atoms with Gasteiger partial charge in [0, 0.05) is 6.20 Å². The summed E-state index contributed by atoms with van der Waals surface area (Å²) in [4.78, 5) is 38.0. The van der Waals surface area contributed by atoms with E-state index < -0.39 is 23.4 Å². The minimum Gasteiger partial charge on any atom is -0.318 e. The topological polar surface area (TPSA) is 109 Å². The average molecular weight is 479 g/mol. The van der Waals surface area contributed by atoms with Gasteiger partial charge in [-0.05, 0) is 18.1 Å². The van der Waals surface area contributed by atoms with E-state index in [4.69, 9.17) is 23.2 Å². The molecular formula is C19H16Cl2N6O3S. The second-order valence-electron chi connectivity index (χ2n) is 6.70. The Labute approximate surface area is 191 Å². The maximum absolute atomic E-state index is 13.1. The Morgan fingerprint density at radius 2 is 1.97 bits per heavy atom. The average Bonchev–Trinajstić information content (AvgIpc) is 3.27. The summed E-state index contributed by atoms with van der Waals surface area (Å²) in [5.41, 5.74) is 2.19. The molecule has 1 fully saturated rings. The second kappa shape index (κ2) is 8.37. The standard InChI is InChI=1S/C19H16Cl2N6O3S/c1-2-19(11-6-4-3-5-7-11)16(29)27(17(30)22-19)25-14(28)10-31-18-24-23-15-13(21)8-12(20)9-26(15)18/h3-9H,2,10H2,1H3,(H,22,30)(H,25,28). The summed E-state index contributed by atoms with van der Waals surface area (Å²) in [6.07, 6.45) is 1.91. The van der Waals surface area contributed by atoms with Crippen LogP contribution in [0.1, 0.15) is 18.9 Å². The van der Waals surface area contributed by atoms with Crippen molar-refractivity contribution in [2.24, 2.45) is 0 Å². The number of rotatable bonds is 6. The molecule has 4 amide bonds. The molecule has 12 heteroatoms. The molecule has 2 N–H and O–H groups in total. The zero-order chi connectivity index (χ0) is 22.2. The minimum atomic E-state index is -1.23. The van der Waals surface area contributed by atoms with Gasteiger partial charge in [-0.1, -0.05) is 72.2 Å². The normalized spacial score (nSPS) is 18.5. The number of urea groups is 1. The molecule has 3 aromatic rings. The van der Waals surface area contributed by atoms with Crippen LogP contribution in [0.4, 0.5) is 4.79 Å². The molecule has 4 rings (SSSR count). The summed E-state index contributed by atoms with van der Waals surface area (Å²) < 4.78 is 1.56. The monoisotopic (exact) mass is 478 g/mol. The van der Waals surface area contributed by atoms with E-state index in [0.29, 0.717) is 32.8 Å². The first-order chi connectivity index (χ1) is 14.9. The lowest BCUT2D eigenvalue weighted by Crippen LogP contribution is -2.49. The number of carbonyl (C=O) groups excluding carboxylic acids is 3. The van der Waals surface area contributed by atoms with Crippen molar-refractivity contribution in [2.45, 2.75) is 24.0 Å². The van der Waals surface area contributed by atoms with Gasteiger partial charge in [0.05, 0.1) is 15.8 Å². The highest BCUT2D eigenvalue weighted by molar-refractivity contribution is 7.99. The van der Waals surface area contributed by atoms with Gasteiger partial charge in [-0.2, -0.15) is 5.01 Å². The Kier molecular flexibility index (Phi) is 5.78. The number of amides is 4. The molecule has 1 aliphatic rings. The van der Waals surface area contributed by atoms with Crippen LogP contribution in [0.25, 0.3) is 5.65 Å². The predicted octanol–water partition coefficient (Wildman–Crippen LogP) is 3.02. The van der Waals surface area contributed by atoms with E-state index in [1.165, 1.54) is 0 Å². The van der Waals surface area contributed by atoms with Gasteiger partial charge in [0.25, 0.3) is 5.91 Å². The molecule has 1 aromatic carbocycles. The Bertz CT molecular complexity index is 1190. The lowest BCUT2D eigenvalue weighted by atomic mass is 9.87. The molecule has 0 bridgehead atoms. The van der Waals surface area contributed by atoms with Gasteiger partial charge in [-0.3, -0.25) is 19.4 Å². The largest absolute Gasteiger partial charge is 0.344 e. The first-order valence-electron chi connectivity index (χ1n) is 9.20. The number of hydrazine groups is 1. The van der Waals surface area contributed by atoms with Crippen molar-refractivity contribution in [3.8, 4) is 0 Å². The van der Waals surface area contributed by atoms with Crippen LogP contribution in [0.15, 0.2) is 47.8 Å². The van der Waals surface area contributed by atoms with E-state index in [9.17, 15) is 14.4 Å². The molecule has 3 heterocycles. The summed E-state index contributed by atoms with van der Waals surface area (Å²) >= 11 is 13.2. The molecule has 2 aromatic heterocycles. The summed E-state index contributed by atoms with van der Waals surface area (Å²) in [5.74, 6) is -1.22. The van der Waals surface area contributed by atoms with Crippen molar-refractivity contribution in [3.05, 3.63) is 58.2 Å². The van der Waals surface area contributed by atoms with E-state index in [1.54, 1.807) is 47.9 Å². The van der Waals surface area contributed by atoms with E-state index in [2.05, 4.69) is 20.9 Å². The number of pyridine rings is 1.